The predicted octanol–water partition coefficient (Wildman–Crippen LogP) is 4.00. The quantitative estimate of drug-likeness (QED) is 0.514. The Morgan fingerprint density at radius 1 is 1.06 bits per heavy atom. The van der Waals surface area contributed by atoms with E-state index in [1.54, 1.807) is 38.1 Å². The molecule has 0 bridgehead atoms. The van der Waals surface area contributed by atoms with Crippen molar-refractivity contribution >= 4 is 11.6 Å². The Kier molecular flexibility index (Phi) is 4.87. The SMILES string of the molecule is COc1cncc(-c2ccnc(C(=O)Nc3cccc(-c4ncnn4C4CC4)c3)c2)c1. The summed E-state index contributed by atoms with van der Waals surface area (Å²) < 4.78 is 7.19. The van der Waals surface area contributed by atoms with Crippen molar-refractivity contribution in [3.05, 3.63) is 73.1 Å². The van der Waals surface area contributed by atoms with Gasteiger partial charge in [-0.3, -0.25) is 14.8 Å². The zero-order valence-corrected chi connectivity index (χ0v) is 16.9. The summed E-state index contributed by atoms with van der Waals surface area (Å²) in [5.41, 5.74) is 3.57. The van der Waals surface area contributed by atoms with Gasteiger partial charge in [-0.25, -0.2) is 9.67 Å². The lowest BCUT2D eigenvalue weighted by molar-refractivity contribution is 0.102. The Bertz CT molecular complexity index is 1250. The number of aromatic nitrogens is 5. The number of hydrogen-bond donors (Lipinski definition) is 1. The number of carbonyl (C=O) groups is 1. The number of rotatable bonds is 6. The van der Waals surface area contributed by atoms with Crippen LogP contribution in [0.1, 0.15) is 29.4 Å². The minimum Gasteiger partial charge on any atom is -0.495 e. The number of anilines is 1. The van der Waals surface area contributed by atoms with E-state index in [1.807, 2.05) is 41.1 Å². The van der Waals surface area contributed by atoms with E-state index >= 15 is 0 Å². The summed E-state index contributed by atoms with van der Waals surface area (Å²) in [6.45, 7) is 0. The van der Waals surface area contributed by atoms with Gasteiger partial charge in [-0.15, -0.1) is 0 Å². The number of benzene rings is 1. The standard InChI is InChI=1S/C23H20N6O2/c1-31-20-10-17(12-24-13-20)15-7-8-25-21(11-15)23(30)28-18-4-2-3-16(9-18)22-26-14-27-29(22)19-5-6-19/h2-4,7-14,19H,5-6H2,1H3,(H,28,30). The van der Waals surface area contributed by atoms with Crippen LogP contribution in [-0.4, -0.2) is 37.7 Å². The minimum atomic E-state index is -0.293. The lowest BCUT2D eigenvalue weighted by atomic mass is 10.1. The highest BCUT2D eigenvalue weighted by molar-refractivity contribution is 6.03. The molecule has 3 aromatic heterocycles. The molecule has 1 aromatic carbocycles. The van der Waals surface area contributed by atoms with Gasteiger partial charge in [0, 0.05) is 29.2 Å². The molecule has 8 nitrogen and oxygen atoms in total. The third-order valence-corrected chi connectivity index (χ3v) is 5.12. The third kappa shape index (κ3) is 4.00. The molecule has 1 fully saturated rings. The normalized spacial score (nSPS) is 13.1. The van der Waals surface area contributed by atoms with E-state index in [0.717, 1.165) is 35.4 Å². The molecule has 0 aliphatic heterocycles. The summed E-state index contributed by atoms with van der Waals surface area (Å²) in [4.78, 5) is 25.7. The lowest BCUT2D eigenvalue weighted by Crippen LogP contribution is -2.13. The van der Waals surface area contributed by atoms with Crippen LogP contribution in [0.25, 0.3) is 22.5 Å². The number of nitrogens with zero attached hydrogens (tertiary/aromatic N) is 5. The van der Waals surface area contributed by atoms with Gasteiger partial charge in [0.05, 0.1) is 19.3 Å². The number of ether oxygens (including phenoxy) is 1. The highest BCUT2D eigenvalue weighted by Gasteiger charge is 2.27. The number of hydrogen-bond acceptors (Lipinski definition) is 6. The highest BCUT2D eigenvalue weighted by Crippen LogP contribution is 2.37. The van der Waals surface area contributed by atoms with Crippen molar-refractivity contribution in [2.24, 2.45) is 0 Å². The molecule has 1 saturated carbocycles. The fourth-order valence-corrected chi connectivity index (χ4v) is 3.40. The van der Waals surface area contributed by atoms with Gasteiger partial charge >= 0.3 is 0 Å². The Hall–Kier alpha value is -4.07. The van der Waals surface area contributed by atoms with Gasteiger partial charge in [-0.05, 0) is 48.7 Å². The fourth-order valence-electron chi connectivity index (χ4n) is 3.40. The molecule has 31 heavy (non-hydrogen) atoms. The van der Waals surface area contributed by atoms with Gasteiger partial charge in [0.2, 0.25) is 0 Å². The highest BCUT2D eigenvalue weighted by atomic mass is 16.5. The molecule has 3 heterocycles. The predicted molar refractivity (Wildman–Crippen MR) is 116 cm³/mol. The van der Waals surface area contributed by atoms with Crippen LogP contribution in [0.15, 0.2) is 67.4 Å². The molecule has 0 radical (unpaired) electrons. The minimum absolute atomic E-state index is 0.293. The molecule has 1 aliphatic carbocycles. The Labute approximate surface area is 179 Å². The maximum Gasteiger partial charge on any atom is 0.274 e. The van der Waals surface area contributed by atoms with Crippen molar-refractivity contribution < 1.29 is 9.53 Å². The van der Waals surface area contributed by atoms with Crippen molar-refractivity contribution in [3.8, 4) is 28.3 Å². The monoisotopic (exact) mass is 412 g/mol. The average Bonchev–Trinajstić information content (AvgIpc) is 3.55. The van der Waals surface area contributed by atoms with Crippen LogP contribution in [0.3, 0.4) is 0 Å². The molecule has 4 aromatic rings. The number of carbonyl (C=O) groups excluding carboxylic acids is 1. The molecule has 154 valence electrons. The van der Waals surface area contributed by atoms with Crippen molar-refractivity contribution in [1.29, 1.82) is 0 Å². The van der Waals surface area contributed by atoms with Crippen LogP contribution in [0.5, 0.6) is 5.75 Å². The summed E-state index contributed by atoms with van der Waals surface area (Å²) in [7, 11) is 1.59. The van der Waals surface area contributed by atoms with Crippen LogP contribution >= 0.6 is 0 Å². The summed E-state index contributed by atoms with van der Waals surface area (Å²) >= 11 is 0. The second-order valence-electron chi connectivity index (χ2n) is 7.34. The van der Waals surface area contributed by atoms with Gasteiger partial charge in [-0.1, -0.05) is 12.1 Å². The first-order valence-electron chi connectivity index (χ1n) is 9.98. The van der Waals surface area contributed by atoms with Gasteiger partial charge in [-0.2, -0.15) is 5.10 Å². The Morgan fingerprint density at radius 3 is 2.81 bits per heavy atom. The second kappa shape index (κ2) is 7.98. The Balaban J connectivity index is 1.37. The maximum atomic E-state index is 12.9. The van der Waals surface area contributed by atoms with Crippen LogP contribution in [0.4, 0.5) is 5.69 Å². The number of pyridine rings is 2. The van der Waals surface area contributed by atoms with E-state index < -0.39 is 0 Å². The molecule has 0 atom stereocenters. The van der Waals surface area contributed by atoms with Crippen LogP contribution in [0.2, 0.25) is 0 Å². The molecule has 1 N–H and O–H groups in total. The Morgan fingerprint density at radius 2 is 1.97 bits per heavy atom. The molecule has 0 saturated heterocycles. The zero-order chi connectivity index (χ0) is 21.2. The topological polar surface area (TPSA) is 94.8 Å². The molecular formula is C23H20N6O2. The van der Waals surface area contributed by atoms with Crippen LogP contribution < -0.4 is 10.1 Å². The fraction of sp³-hybridized carbons (Fsp3) is 0.174. The molecule has 1 amide bonds. The average molecular weight is 412 g/mol. The van der Waals surface area contributed by atoms with Crippen molar-refractivity contribution in [1.82, 2.24) is 24.7 Å². The van der Waals surface area contributed by atoms with Crippen molar-refractivity contribution in [2.45, 2.75) is 18.9 Å². The first-order valence-corrected chi connectivity index (χ1v) is 9.98. The van der Waals surface area contributed by atoms with E-state index in [0.29, 0.717) is 23.2 Å². The molecule has 8 heteroatoms. The van der Waals surface area contributed by atoms with Crippen LogP contribution in [0, 0.1) is 0 Å². The first kappa shape index (κ1) is 18.9. The van der Waals surface area contributed by atoms with Crippen LogP contribution in [-0.2, 0) is 0 Å². The maximum absolute atomic E-state index is 12.9. The third-order valence-electron chi connectivity index (χ3n) is 5.12. The van der Waals surface area contributed by atoms with Gasteiger partial charge < -0.3 is 10.1 Å². The van der Waals surface area contributed by atoms with E-state index in [-0.39, 0.29) is 5.91 Å². The summed E-state index contributed by atoms with van der Waals surface area (Å²) in [5.74, 6) is 1.17. The van der Waals surface area contributed by atoms with Gasteiger partial charge in [0.15, 0.2) is 5.82 Å². The van der Waals surface area contributed by atoms with E-state index in [1.165, 1.54) is 0 Å². The summed E-state index contributed by atoms with van der Waals surface area (Å²) in [6.07, 6.45) is 8.78. The summed E-state index contributed by atoms with van der Waals surface area (Å²) in [6, 6.07) is 13.5. The van der Waals surface area contributed by atoms with Gasteiger partial charge in [0.1, 0.15) is 17.8 Å². The van der Waals surface area contributed by atoms with Crippen molar-refractivity contribution in [2.75, 3.05) is 12.4 Å². The van der Waals surface area contributed by atoms with Gasteiger partial charge in [0.25, 0.3) is 5.91 Å². The second-order valence-corrected chi connectivity index (χ2v) is 7.34. The largest absolute Gasteiger partial charge is 0.495 e. The first-order chi connectivity index (χ1) is 15.2. The van der Waals surface area contributed by atoms with E-state index in [4.69, 9.17) is 4.74 Å². The number of methoxy groups -OCH3 is 1. The molecular weight excluding hydrogens is 392 g/mol. The van der Waals surface area contributed by atoms with E-state index in [2.05, 4.69) is 25.4 Å². The van der Waals surface area contributed by atoms with Crippen molar-refractivity contribution in [3.63, 3.8) is 0 Å². The molecule has 0 spiro atoms. The number of nitrogens with one attached hydrogen (secondary N) is 1. The summed E-state index contributed by atoms with van der Waals surface area (Å²) in [5, 5.41) is 7.26. The molecule has 0 unspecified atom stereocenters. The molecule has 1 aliphatic rings. The zero-order valence-electron chi connectivity index (χ0n) is 16.9. The number of amides is 1. The lowest BCUT2D eigenvalue weighted by Gasteiger charge is -2.09. The smallest absolute Gasteiger partial charge is 0.274 e. The molecule has 5 rings (SSSR count). The van der Waals surface area contributed by atoms with E-state index in [9.17, 15) is 4.79 Å².